The number of rotatable bonds is 7. The van der Waals surface area contributed by atoms with Crippen molar-refractivity contribution in [3.63, 3.8) is 0 Å². The fourth-order valence-corrected chi connectivity index (χ4v) is 3.72. The molecule has 0 atom stereocenters. The van der Waals surface area contributed by atoms with Gasteiger partial charge in [-0.3, -0.25) is 9.59 Å². The third-order valence-electron chi connectivity index (χ3n) is 4.34. The highest BCUT2D eigenvalue weighted by atomic mass is 32.1. The molecule has 1 heterocycles. The molecule has 6 nitrogen and oxygen atoms in total. The highest BCUT2D eigenvalue weighted by Gasteiger charge is 2.15. The van der Waals surface area contributed by atoms with Crippen LogP contribution in [-0.4, -0.2) is 41.9 Å². The van der Waals surface area contributed by atoms with Crippen LogP contribution in [-0.2, 0) is 20.9 Å². The molecular weight excluding hydrogens is 374 g/mol. The summed E-state index contributed by atoms with van der Waals surface area (Å²) in [5, 5.41) is 3.70. The number of hydrogen-bond donors (Lipinski definition) is 1. The van der Waals surface area contributed by atoms with Crippen molar-refractivity contribution in [3.05, 3.63) is 58.6 Å². The van der Waals surface area contributed by atoms with Crippen molar-refractivity contribution >= 4 is 39.1 Å². The van der Waals surface area contributed by atoms with E-state index in [0.29, 0.717) is 0 Å². The van der Waals surface area contributed by atoms with E-state index in [0.717, 1.165) is 32.0 Å². The molecule has 7 heteroatoms. The Hall–Kier alpha value is -2.77. The van der Waals surface area contributed by atoms with E-state index in [4.69, 9.17) is 4.74 Å². The third-order valence-corrected chi connectivity index (χ3v) is 5.35. The summed E-state index contributed by atoms with van der Waals surface area (Å²) in [7, 11) is 1.59. The largest absolute Gasteiger partial charge is 0.364 e. The summed E-state index contributed by atoms with van der Waals surface area (Å²) in [4.78, 5) is 30.3. The lowest BCUT2D eigenvalue weighted by molar-refractivity contribution is -0.137. The van der Waals surface area contributed by atoms with Gasteiger partial charge in [-0.25, -0.2) is 4.98 Å². The van der Waals surface area contributed by atoms with Gasteiger partial charge in [0.15, 0.2) is 0 Å². The van der Waals surface area contributed by atoms with E-state index in [1.807, 2.05) is 56.3 Å². The van der Waals surface area contributed by atoms with E-state index in [2.05, 4.69) is 10.3 Å². The quantitative estimate of drug-likeness (QED) is 0.662. The Kier molecular flexibility index (Phi) is 6.38. The number of carbonyl (C=O) groups excluding carboxylic acids is 2. The average Bonchev–Trinajstić information content (AvgIpc) is 3.07. The molecular formula is C21H23N3O3S. The molecule has 2 aromatic carbocycles. The van der Waals surface area contributed by atoms with Gasteiger partial charge < -0.3 is 15.0 Å². The molecule has 0 spiro atoms. The van der Waals surface area contributed by atoms with Crippen LogP contribution < -0.4 is 5.32 Å². The van der Waals surface area contributed by atoms with Gasteiger partial charge in [0.25, 0.3) is 0 Å². The average molecular weight is 398 g/mol. The van der Waals surface area contributed by atoms with Crippen LogP contribution in [0.3, 0.4) is 0 Å². The van der Waals surface area contributed by atoms with Crippen LogP contribution in [0.1, 0.15) is 16.1 Å². The number of carbonyl (C=O) groups is 2. The molecule has 2 amide bonds. The van der Waals surface area contributed by atoms with E-state index >= 15 is 0 Å². The topological polar surface area (TPSA) is 71.5 Å². The Morgan fingerprint density at radius 3 is 2.54 bits per heavy atom. The van der Waals surface area contributed by atoms with E-state index in [1.54, 1.807) is 18.4 Å². The first-order chi connectivity index (χ1) is 13.4. The normalized spacial score (nSPS) is 10.8. The summed E-state index contributed by atoms with van der Waals surface area (Å²) in [6.07, 6.45) is 0. The molecule has 0 fully saturated rings. The molecule has 0 bridgehead atoms. The van der Waals surface area contributed by atoms with E-state index in [-0.39, 0.29) is 31.6 Å². The predicted molar refractivity (Wildman–Crippen MR) is 111 cm³/mol. The zero-order valence-corrected chi connectivity index (χ0v) is 17.0. The number of benzene rings is 2. The first-order valence-corrected chi connectivity index (χ1v) is 9.78. The van der Waals surface area contributed by atoms with Crippen LogP contribution in [0.2, 0.25) is 0 Å². The van der Waals surface area contributed by atoms with Crippen molar-refractivity contribution in [2.75, 3.05) is 25.5 Å². The summed E-state index contributed by atoms with van der Waals surface area (Å²) in [5.74, 6) is -0.489. The number of aryl methyl sites for hydroxylation is 2. The Labute approximate surface area is 168 Å². The van der Waals surface area contributed by atoms with Crippen LogP contribution >= 0.6 is 11.3 Å². The molecule has 0 saturated carbocycles. The molecule has 0 saturated heterocycles. The summed E-state index contributed by atoms with van der Waals surface area (Å²) in [6.45, 7) is 4.02. The fourth-order valence-electron chi connectivity index (χ4n) is 2.81. The summed E-state index contributed by atoms with van der Waals surface area (Å²) >= 11 is 1.55. The maximum absolute atomic E-state index is 12.3. The number of ether oxygens (including phenoxy) is 1. The zero-order valence-electron chi connectivity index (χ0n) is 16.2. The van der Waals surface area contributed by atoms with Crippen molar-refractivity contribution in [2.24, 2.45) is 0 Å². The Morgan fingerprint density at radius 1 is 1.11 bits per heavy atom. The number of amides is 2. The Bertz CT molecular complexity index is 946. The van der Waals surface area contributed by atoms with E-state index in [9.17, 15) is 9.59 Å². The minimum Gasteiger partial charge on any atom is -0.364 e. The highest BCUT2D eigenvalue weighted by molar-refractivity contribution is 7.18. The number of nitrogens with one attached hydrogen (secondary N) is 1. The highest BCUT2D eigenvalue weighted by Crippen LogP contribution is 2.22. The first-order valence-electron chi connectivity index (χ1n) is 8.96. The molecule has 3 rings (SSSR count). The number of fused-ring (bicyclic) bond motifs is 1. The Morgan fingerprint density at radius 2 is 1.82 bits per heavy atom. The van der Waals surface area contributed by atoms with Crippen molar-refractivity contribution in [1.29, 1.82) is 0 Å². The van der Waals surface area contributed by atoms with Gasteiger partial charge in [-0.2, -0.15) is 0 Å². The Balaban J connectivity index is 1.46. The van der Waals surface area contributed by atoms with Crippen molar-refractivity contribution in [2.45, 2.75) is 20.5 Å². The van der Waals surface area contributed by atoms with Crippen LogP contribution in [0.15, 0.2) is 42.5 Å². The van der Waals surface area contributed by atoms with Gasteiger partial charge in [0.1, 0.15) is 11.6 Å². The minimum absolute atomic E-state index is 0.0306. The maximum atomic E-state index is 12.3. The van der Waals surface area contributed by atoms with Gasteiger partial charge in [-0.05, 0) is 37.1 Å². The van der Waals surface area contributed by atoms with Gasteiger partial charge in [0.2, 0.25) is 11.8 Å². The number of nitrogens with zero attached hydrogens (tertiary/aromatic N) is 2. The standard InChI is InChI=1S/C21H23N3O3S/c1-14-7-6-8-15(2)21(14)23-18(25)11-24(3)20(26)13-27-12-19-22-16-9-4-5-10-17(16)28-19/h4-10H,11-13H2,1-3H3,(H,23,25). The second-order valence-electron chi connectivity index (χ2n) is 6.63. The molecule has 0 aliphatic rings. The lowest BCUT2D eigenvalue weighted by atomic mass is 10.1. The number of anilines is 1. The first kappa shape index (κ1) is 20.0. The lowest BCUT2D eigenvalue weighted by Gasteiger charge is -2.18. The third kappa shape index (κ3) is 4.94. The van der Waals surface area contributed by atoms with Crippen LogP contribution in [0.4, 0.5) is 5.69 Å². The lowest BCUT2D eigenvalue weighted by Crippen LogP contribution is -2.37. The van der Waals surface area contributed by atoms with E-state index < -0.39 is 0 Å². The zero-order chi connectivity index (χ0) is 20.1. The molecule has 146 valence electrons. The van der Waals surface area contributed by atoms with Crippen LogP contribution in [0, 0.1) is 13.8 Å². The molecule has 0 aliphatic carbocycles. The van der Waals surface area contributed by atoms with Gasteiger partial charge in [-0.15, -0.1) is 11.3 Å². The van der Waals surface area contributed by atoms with Crippen LogP contribution in [0.25, 0.3) is 10.2 Å². The molecule has 28 heavy (non-hydrogen) atoms. The molecule has 0 aliphatic heterocycles. The molecule has 0 radical (unpaired) electrons. The van der Waals surface area contributed by atoms with Gasteiger partial charge in [0.05, 0.1) is 23.4 Å². The second kappa shape index (κ2) is 8.95. The molecule has 1 N–H and O–H groups in total. The summed E-state index contributed by atoms with van der Waals surface area (Å²) < 4.78 is 6.59. The molecule has 3 aromatic rings. The number of aromatic nitrogens is 1. The summed E-state index contributed by atoms with van der Waals surface area (Å²) in [6, 6.07) is 13.7. The van der Waals surface area contributed by atoms with Crippen molar-refractivity contribution in [3.8, 4) is 0 Å². The van der Waals surface area contributed by atoms with Crippen molar-refractivity contribution in [1.82, 2.24) is 9.88 Å². The van der Waals surface area contributed by atoms with Gasteiger partial charge in [-0.1, -0.05) is 30.3 Å². The number of likely N-dealkylation sites (N-methyl/N-ethyl adjacent to an activating group) is 1. The second-order valence-corrected chi connectivity index (χ2v) is 7.75. The monoisotopic (exact) mass is 397 g/mol. The maximum Gasteiger partial charge on any atom is 0.248 e. The molecule has 1 aromatic heterocycles. The SMILES string of the molecule is Cc1cccc(C)c1NC(=O)CN(C)C(=O)COCc1nc2ccccc2s1. The van der Waals surface area contributed by atoms with Gasteiger partial charge >= 0.3 is 0 Å². The van der Waals surface area contributed by atoms with Gasteiger partial charge in [0, 0.05) is 12.7 Å². The number of thiazole rings is 1. The van der Waals surface area contributed by atoms with E-state index in [1.165, 1.54) is 4.90 Å². The summed E-state index contributed by atoms with van der Waals surface area (Å²) in [5.41, 5.74) is 3.70. The smallest absolute Gasteiger partial charge is 0.248 e. The van der Waals surface area contributed by atoms with Crippen molar-refractivity contribution < 1.29 is 14.3 Å². The fraction of sp³-hybridized carbons (Fsp3) is 0.286. The number of hydrogen-bond acceptors (Lipinski definition) is 5. The minimum atomic E-state index is -0.252. The van der Waals surface area contributed by atoms with Crippen LogP contribution in [0.5, 0.6) is 0 Å². The predicted octanol–water partition coefficient (Wildman–Crippen LogP) is 3.53. The number of para-hydroxylation sites is 2. The molecule has 0 unspecified atom stereocenters.